The number of hydrogen-bond acceptors (Lipinski definition) is 3. The highest BCUT2D eigenvalue weighted by atomic mass is 35.5. The zero-order valence-electron chi connectivity index (χ0n) is 10.1. The third kappa shape index (κ3) is 3.49. The molecular weight excluding hydrogens is 248 g/mol. The third-order valence-corrected chi connectivity index (χ3v) is 3.16. The van der Waals surface area contributed by atoms with Gasteiger partial charge < -0.3 is 10.1 Å². The summed E-state index contributed by atoms with van der Waals surface area (Å²) in [7, 11) is 0. The van der Waals surface area contributed by atoms with E-state index in [0.717, 1.165) is 38.3 Å². The molecule has 0 bridgehead atoms. The fourth-order valence-electron chi connectivity index (χ4n) is 1.91. The standard InChI is InChI=1S/C14H15ClN2O/c15-13-1-2-14(12(9-13)10-16)17-6-3-11-4-7-18-8-5-11/h1-2,4,9,17H,3,5-8H2. The van der Waals surface area contributed by atoms with E-state index in [-0.39, 0.29) is 0 Å². The van der Waals surface area contributed by atoms with Crippen LogP contribution < -0.4 is 5.32 Å². The summed E-state index contributed by atoms with van der Waals surface area (Å²) in [5.41, 5.74) is 2.85. The summed E-state index contributed by atoms with van der Waals surface area (Å²) >= 11 is 5.85. The maximum absolute atomic E-state index is 9.01. The van der Waals surface area contributed by atoms with E-state index in [0.29, 0.717) is 10.6 Å². The van der Waals surface area contributed by atoms with Crippen molar-refractivity contribution < 1.29 is 4.74 Å². The molecule has 18 heavy (non-hydrogen) atoms. The molecular formula is C14H15ClN2O. The number of hydrogen-bond donors (Lipinski definition) is 1. The van der Waals surface area contributed by atoms with E-state index in [1.807, 2.05) is 6.07 Å². The van der Waals surface area contributed by atoms with Gasteiger partial charge in [-0.3, -0.25) is 0 Å². The van der Waals surface area contributed by atoms with Crippen molar-refractivity contribution in [3.05, 3.63) is 40.4 Å². The zero-order valence-corrected chi connectivity index (χ0v) is 10.8. The van der Waals surface area contributed by atoms with Crippen molar-refractivity contribution >= 4 is 17.3 Å². The van der Waals surface area contributed by atoms with Crippen molar-refractivity contribution in [1.82, 2.24) is 0 Å². The van der Waals surface area contributed by atoms with Gasteiger partial charge in [-0.1, -0.05) is 23.3 Å². The molecule has 4 heteroatoms. The molecule has 0 aliphatic carbocycles. The molecule has 0 saturated heterocycles. The van der Waals surface area contributed by atoms with Gasteiger partial charge in [-0.15, -0.1) is 0 Å². The van der Waals surface area contributed by atoms with Crippen molar-refractivity contribution in [3.8, 4) is 6.07 Å². The van der Waals surface area contributed by atoms with E-state index < -0.39 is 0 Å². The SMILES string of the molecule is N#Cc1cc(Cl)ccc1NCCC1=CCOCC1. The van der Waals surface area contributed by atoms with Crippen LogP contribution in [0.5, 0.6) is 0 Å². The quantitative estimate of drug-likeness (QED) is 0.847. The molecule has 0 atom stereocenters. The molecule has 1 aliphatic heterocycles. The van der Waals surface area contributed by atoms with Gasteiger partial charge in [0.15, 0.2) is 0 Å². The molecule has 1 heterocycles. The number of halogens is 1. The number of nitriles is 1. The van der Waals surface area contributed by atoms with Gasteiger partial charge in [-0.2, -0.15) is 5.26 Å². The first-order valence-corrected chi connectivity index (χ1v) is 6.36. The Bertz CT molecular complexity index is 491. The minimum absolute atomic E-state index is 0.587. The average Bonchev–Trinajstić information content (AvgIpc) is 2.41. The average molecular weight is 263 g/mol. The highest BCUT2D eigenvalue weighted by Crippen LogP contribution is 2.20. The molecule has 0 unspecified atom stereocenters. The minimum atomic E-state index is 0.587. The largest absolute Gasteiger partial charge is 0.384 e. The minimum Gasteiger partial charge on any atom is -0.384 e. The van der Waals surface area contributed by atoms with Crippen LogP contribution in [0.4, 0.5) is 5.69 Å². The van der Waals surface area contributed by atoms with E-state index in [4.69, 9.17) is 21.6 Å². The molecule has 0 fully saturated rings. The highest BCUT2D eigenvalue weighted by molar-refractivity contribution is 6.30. The number of rotatable bonds is 4. The number of benzene rings is 1. The smallest absolute Gasteiger partial charge is 0.101 e. The zero-order chi connectivity index (χ0) is 12.8. The predicted octanol–water partition coefficient (Wildman–Crippen LogP) is 3.36. The lowest BCUT2D eigenvalue weighted by Gasteiger charge is -2.14. The van der Waals surface area contributed by atoms with Crippen LogP contribution in [0.1, 0.15) is 18.4 Å². The first-order valence-electron chi connectivity index (χ1n) is 5.99. The lowest BCUT2D eigenvalue weighted by atomic mass is 10.1. The van der Waals surface area contributed by atoms with Gasteiger partial charge in [-0.25, -0.2) is 0 Å². The molecule has 1 aromatic carbocycles. The van der Waals surface area contributed by atoms with Gasteiger partial charge in [0, 0.05) is 11.6 Å². The van der Waals surface area contributed by atoms with Crippen molar-refractivity contribution in [2.45, 2.75) is 12.8 Å². The Labute approximate surface area is 112 Å². The van der Waals surface area contributed by atoms with Crippen LogP contribution in [-0.2, 0) is 4.74 Å². The Morgan fingerprint density at radius 3 is 3.06 bits per heavy atom. The van der Waals surface area contributed by atoms with Crippen molar-refractivity contribution in [2.24, 2.45) is 0 Å². The second-order valence-electron chi connectivity index (χ2n) is 4.17. The summed E-state index contributed by atoms with van der Waals surface area (Å²) in [5, 5.41) is 12.9. The molecule has 3 nitrogen and oxygen atoms in total. The van der Waals surface area contributed by atoms with Crippen molar-refractivity contribution in [2.75, 3.05) is 25.1 Å². The number of ether oxygens (including phenoxy) is 1. The second kappa shape index (κ2) is 6.44. The van der Waals surface area contributed by atoms with Gasteiger partial charge in [0.25, 0.3) is 0 Å². The Kier molecular flexibility index (Phi) is 4.63. The van der Waals surface area contributed by atoms with Crippen LogP contribution in [0.25, 0.3) is 0 Å². The number of nitrogens with zero attached hydrogens (tertiary/aromatic N) is 1. The van der Waals surface area contributed by atoms with E-state index in [2.05, 4.69) is 17.5 Å². The lowest BCUT2D eigenvalue weighted by Crippen LogP contribution is -2.09. The Morgan fingerprint density at radius 1 is 1.44 bits per heavy atom. The van der Waals surface area contributed by atoms with Crippen molar-refractivity contribution in [3.63, 3.8) is 0 Å². The molecule has 0 aromatic heterocycles. The first kappa shape index (κ1) is 12.9. The van der Waals surface area contributed by atoms with Gasteiger partial charge in [0.1, 0.15) is 6.07 Å². The maximum Gasteiger partial charge on any atom is 0.101 e. The fraction of sp³-hybridized carbons (Fsp3) is 0.357. The molecule has 94 valence electrons. The highest BCUT2D eigenvalue weighted by Gasteiger charge is 2.05. The normalized spacial score (nSPS) is 14.8. The molecule has 0 saturated carbocycles. The van der Waals surface area contributed by atoms with E-state index >= 15 is 0 Å². The molecule has 1 aromatic rings. The van der Waals surface area contributed by atoms with Crippen LogP contribution in [-0.4, -0.2) is 19.8 Å². The molecule has 0 amide bonds. The van der Waals surface area contributed by atoms with Crippen molar-refractivity contribution in [1.29, 1.82) is 5.26 Å². The van der Waals surface area contributed by atoms with Gasteiger partial charge >= 0.3 is 0 Å². The summed E-state index contributed by atoms with van der Waals surface area (Å²) in [6.07, 6.45) is 4.13. The van der Waals surface area contributed by atoms with E-state index in [9.17, 15) is 0 Å². The summed E-state index contributed by atoms with van der Waals surface area (Å²) in [5.74, 6) is 0. The monoisotopic (exact) mass is 262 g/mol. The number of nitrogens with one attached hydrogen (secondary N) is 1. The summed E-state index contributed by atoms with van der Waals surface area (Å²) in [4.78, 5) is 0. The molecule has 1 N–H and O–H groups in total. The van der Waals surface area contributed by atoms with Crippen LogP contribution >= 0.6 is 11.6 Å². The Morgan fingerprint density at radius 2 is 2.33 bits per heavy atom. The Hall–Kier alpha value is -1.50. The summed E-state index contributed by atoms with van der Waals surface area (Å²) < 4.78 is 5.26. The molecule has 2 rings (SSSR count). The molecule has 1 aliphatic rings. The maximum atomic E-state index is 9.01. The van der Waals surface area contributed by atoms with Crippen LogP contribution in [0.2, 0.25) is 5.02 Å². The second-order valence-corrected chi connectivity index (χ2v) is 4.60. The topological polar surface area (TPSA) is 45.0 Å². The summed E-state index contributed by atoms with van der Waals surface area (Å²) in [6, 6.07) is 7.46. The number of anilines is 1. The summed E-state index contributed by atoms with van der Waals surface area (Å²) in [6.45, 7) is 2.36. The van der Waals surface area contributed by atoms with E-state index in [1.54, 1.807) is 12.1 Å². The van der Waals surface area contributed by atoms with Gasteiger partial charge in [-0.05, 0) is 31.0 Å². The third-order valence-electron chi connectivity index (χ3n) is 2.92. The molecule has 0 radical (unpaired) electrons. The first-order chi connectivity index (χ1) is 8.79. The lowest BCUT2D eigenvalue weighted by molar-refractivity contribution is 0.153. The fourth-order valence-corrected chi connectivity index (χ4v) is 2.09. The van der Waals surface area contributed by atoms with Gasteiger partial charge in [0.2, 0.25) is 0 Å². The van der Waals surface area contributed by atoms with Crippen LogP contribution in [0.3, 0.4) is 0 Å². The Balaban J connectivity index is 1.90. The predicted molar refractivity (Wildman–Crippen MR) is 72.8 cm³/mol. The van der Waals surface area contributed by atoms with E-state index in [1.165, 1.54) is 5.57 Å². The van der Waals surface area contributed by atoms with Crippen LogP contribution in [0.15, 0.2) is 29.8 Å². The van der Waals surface area contributed by atoms with Gasteiger partial charge in [0.05, 0.1) is 24.5 Å². The molecule has 0 spiro atoms. The van der Waals surface area contributed by atoms with Crippen LogP contribution in [0, 0.1) is 11.3 Å².